The molecule has 0 spiro atoms. The Labute approximate surface area is 131 Å². The Morgan fingerprint density at radius 2 is 2.23 bits per heavy atom. The fourth-order valence-corrected chi connectivity index (χ4v) is 2.68. The van der Waals surface area contributed by atoms with E-state index in [0.717, 1.165) is 18.4 Å². The molecule has 1 aliphatic rings. The van der Waals surface area contributed by atoms with Gasteiger partial charge in [-0.05, 0) is 37.5 Å². The van der Waals surface area contributed by atoms with Gasteiger partial charge in [-0.3, -0.25) is 0 Å². The van der Waals surface area contributed by atoms with Crippen LogP contribution in [0.1, 0.15) is 39.2 Å². The van der Waals surface area contributed by atoms with E-state index in [2.05, 4.69) is 10.6 Å². The van der Waals surface area contributed by atoms with Gasteiger partial charge in [0.2, 0.25) is 0 Å². The molecule has 2 atom stereocenters. The van der Waals surface area contributed by atoms with E-state index in [1.54, 1.807) is 6.07 Å². The van der Waals surface area contributed by atoms with Crippen LogP contribution in [0.3, 0.4) is 0 Å². The van der Waals surface area contributed by atoms with Crippen LogP contribution in [-0.4, -0.2) is 31.3 Å². The lowest BCUT2D eigenvalue weighted by atomic mass is 9.84. The normalized spacial score (nSPS) is 22.2. The Balaban J connectivity index is 1.84. The quantitative estimate of drug-likeness (QED) is 0.898. The number of carbonyl (C=O) groups is 1. The van der Waals surface area contributed by atoms with E-state index in [9.17, 15) is 9.18 Å². The number of ether oxygens (including phenoxy) is 1. The SMILES string of the molecule is C[C@H]1C[C@H](NC(=O)NCC(C)(C)c2cccc(F)c2)CCO1. The third-order valence-corrected chi connectivity index (χ3v) is 4.12. The van der Waals surface area contributed by atoms with E-state index in [0.29, 0.717) is 13.2 Å². The standard InChI is InChI=1S/C17H25FN2O2/c1-12-9-15(7-8-22-12)20-16(21)19-11-17(2,3)13-5-4-6-14(18)10-13/h4-6,10,12,15H,7-9,11H2,1-3H3,(H2,19,20,21)/t12-,15+/m0/s1. The first-order valence-electron chi connectivity index (χ1n) is 7.79. The molecule has 2 amide bonds. The second kappa shape index (κ2) is 7.09. The fourth-order valence-electron chi connectivity index (χ4n) is 2.68. The summed E-state index contributed by atoms with van der Waals surface area (Å²) in [4.78, 5) is 12.0. The first kappa shape index (κ1) is 16.7. The first-order chi connectivity index (χ1) is 10.4. The molecule has 2 rings (SSSR count). The number of carbonyl (C=O) groups excluding carboxylic acids is 1. The zero-order valence-corrected chi connectivity index (χ0v) is 13.5. The van der Waals surface area contributed by atoms with Gasteiger partial charge < -0.3 is 15.4 Å². The number of rotatable bonds is 4. The van der Waals surface area contributed by atoms with Crippen molar-refractivity contribution in [1.82, 2.24) is 10.6 Å². The highest BCUT2D eigenvalue weighted by atomic mass is 19.1. The molecule has 0 saturated carbocycles. The van der Waals surface area contributed by atoms with Crippen LogP contribution in [0.15, 0.2) is 24.3 Å². The van der Waals surface area contributed by atoms with E-state index in [1.165, 1.54) is 12.1 Å². The van der Waals surface area contributed by atoms with Gasteiger partial charge in [0.25, 0.3) is 0 Å². The number of benzene rings is 1. The Kier molecular flexibility index (Phi) is 5.40. The predicted molar refractivity (Wildman–Crippen MR) is 84.4 cm³/mol. The first-order valence-corrected chi connectivity index (χ1v) is 7.79. The number of urea groups is 1. The molecule has 1 fully saturated rings. The third-order valence-electron chi connectivity index (χ3n) is 4.12. The Morgan fingerprint density at radius 1 is 1.45 bits per heavy atom. The zero-order valence-electron chi connectivity index (χ0n) is 13.5. The van der Waals surface area contributed by atoms with Crippen LogP contribution in [0.2, 0.25) is 0 Å². The third kappa shape index (κ3) is 4.70. The van der Waals surface area contributed by atoms with Crippen molar-refractivity contribution in [2.75, 3.05) is 13.2 Å². The van der Waals surface area contributed by atoms with Crippen molar-refractivity contribution in [1.29, 1.82) is 0 Å². The van der Waals surface area contributed by atoms with Gasteiger partial charge in [0.1, 0.15) is 5.82 Å². The van der Waals surface area contributed by atoms with Crippen LogP contribution in [0.5, 0.6) is 0 Å². The van der Waals surface area contributed by atoms with Crippen molar-refractivity contribution < 1.29 is 13.9 Å². The minimum absolute atomic E-state index is 0.154. The smallest absolute Gasteiger partial charge is 0.315 e. The maximum Gasteiger partial charge on any atom is 0.315 e. The number of hydrogen-bond acceptors (Lipinski definition) is 2. The highest BCUT2D eigenvalue weighted by Crippen LogP contribution is 2.22. The van der Waals surface area contributed by atoms with E-state index in [1.807, 2.05) is 26.8 Å². The van der Waals surface area contributed by atoms with Crippen LogP contribution in [0.4, 0.5) is 9.18 Å². The van der Waals surface area contributed by atoms with Crippen molar-refractivity contribution in [2.24, 2.45) is 0 Å². The summed E-state index contributed by atoms with van der Waals surface area (Å²) in [5.74, 6) is -0.258. The summed E-state index contributed by atoms with van der Waals surface area (Å²) in [7, 11) is 0. The average molecular weight is 308 g/mol. The molecule has 2 N–H and O–H groups in total. The summed E-state index contributed by atoms with van der Waals surface area (Å²) >= 11 is 0. The maximum absolute atomic E-state index is 13.3. The van der Waals surface area contributed by atoms with Crippen LogP contribution < -0.4 is 10.6 Å². The maximum atomic E-state index is 13.3. The van der Waals surface area contributed by atoms with Crippen molar-refractivity contribution in [3.05, 3.63) is 35.6 Å². The minimum atomic E-state index is -0.331. The van der Waals surface area contributed by atoms with Gasteiger partial charge in [0, 0.05) is 24.6 Å². The molecule has 4 nitrogen and oxygen atoms in total. The highest BCUT2D eigenvalue weighted by molar-refractivity contribution is 5.74. The summed E-state index contributed by atoms with van der Waals surface area (Å²) < 4.78 is 18.8. The van der Waals surface area contributed by atoms with Gasteiger partial charge in [-0.1, -0.05) is 26.0 Å². The lowest BCUT2D eigenvalue weighted by molar-refractivity contribution is 0.0154. The molecule has 122 valence electrons. The second-order valence-electron chi connectivity index (χ2n) is 6.62. The Bertz CT molecular complexity index is 519. The minimum Gasteiger partial charge on any atom is -0.378 e. The zero-order chi connectivity index (χ0) is 16.2. The largest absolute Gasteiger partial charge is 0.378 e. The van der Waals surface area contributed by atoms with Gasteiger partial charge in [0.05, 0.1) is 6.10 Å². The Morgan fingerprint density at radius 3 is 2.91 bits per heavy atom. The van der Waals surface area contributed by atoms with E-state index in [4.69, 9.17) is 4.74 Å². The molecule has 1 aliphatic heterocycles. The van der Waals surface area contributed by atoms with Gasteiger partial charge in [-0.15, -0.1) is 0 Å². The molecule has 0 aliphatic carbocycles. The molecule has 0 bridgehead atoms. The summed E-state index contributed by atoms with van der Waals surface area (Å²) in [6.07, 6.45) is 1.86. The summed E-state index contributed by atoms with van der Waals surface area (Å²) in [6, 6.07) is 6.48. The lowest BCUT2D eigenvalue weighted by Crippen LogP contribution is -2.48. The van der Waals surface area contributed by atoms with Crippen LogP contribution in [0.25, 0.3) is 0 Å². The van der Waals surface area contributed by atoms with Crippen molar-refractivity contribution in [2.45, 2.75) is 51.2 Å². The van der Waals surface area contributed by atoms with Gasteiger partial charge in [0.15, 0.2) is 0 Å². The van der Waals surface area contributed by atoms with Gasteiger partial charge >= 0.3 is 6.03 Å². The van der Waals surface area contributed by atoms with Crippen LogP contribution >= 0.6 is 0 Å². The number of amides is 2. The average Bonchev–Trinajstić information content (AvgIpc) is 2.45. The van der Waals surface area contributed by atoms with E-state index in [-0.39, 0.29) is 29.4 Å². The molecule has 5 heteroatoms. The van der Waals surface area contributed by atoms with Gasteiger partial charge in [-0.25, -0.2) is 9.18 Å². The van der Waals surface area contributed by atoms with Crippen LogP contribution in [0, 0.1) is 5.82 Å². The Hall–Kier alpha value is -1.62. The second-order valence-corrected chi connectivity index (χ2v) is 6.62. The van der Waals surface area contributed by atoms with Crippen molar-refractivity contribution in [3.8, 4) is 0 Å². The van der Waals surface area contributed by atoms with Gasteiger partial charge in [-0.2, -0.15) is 0 Å². The highest BCUT2D eigenvalue weighted by Gasteiger charge is 2.24. The number of halogens is 1. The molecule has 22 heavy (non-hydrogen) atoms. The molecule has 1 saturated heterocycles. The van der Waals surface area contributed by atoms with Crippen LogP contribution in [-0.2, 0) is 10.2 Å². The number of nitrogens with one attached hydrogen (secondary N) is 2. The summed E-state index contributed by atoms with van der Waals surface area (Å²) in [5, 5.41) is 5.87. The topological polar surface area (TPSA) is 50.4 Å². The molecular formula is C17H25FN2O2. The fraction of sp³-hybridized carbons (Fsp3) is 0.588. The number of hydrogen-bond donors (Lipinski definition) is 2. The molecule has 1 aromatic rings. The van der Waals surface area contributed by atoms with E-state index >= 15 is 0 Å². The van der Waals surface area contributed by atoms with Crippen molar-refractivity contribution >= 4 is 6.03 Å². The molecule has 0 unspecified atom stereocenters. The van der Waals surface area contributed by atoms with Crippen molar-refractivity contribution in [3.63, 3.8) is 0 Å². The summed E-state index contributed by atoms with van der Waals surface area (Å²) in [5.41, 5.74) is 0.537. The molecule has 1 aromatic carbocycles. The molecular weight excluding hydrogens is 283 g/mol. The van der Waals surface area contributed by atoms with E-state index < -0.39 is 0 Å². The summed E-state index contributed by atoms with van der Waals surface area (Å²) in [6.45, 7) is 7.11. The predicted octanol–water partition coefficient (Wildman–Crippen LogP) is 2.97. The molecule has 0 aromatic heterocycles. The monoisotopic (exact) mass is 308 g/mol. The molecule has 1 heterocycles. The lowest BCUT2D eigenvalue weighted by Gasteiger charge is -2.29. The molecule has 0 radical (unpaired) electrons.